The maximum atomic E-state index is 6.29. The highest BCUT2D eigenvalue weighted by molar-refractivity contribution is 5.81. The lowest BCUT2D eigenvalue weighted by Crippen LogP contribution is -2.02. The van der Waals surface area contributed by atoms with Gasteiger partial charge in [-0.05, 0) is 63.4 Å². The molecular weight excluding hydrogens is 450 g/mol. The SMILES string of the molecule is CC(C)c1cc(-c2ccccc2)cc(C(C)C)c1-c1cc(Oc2ccccc2)nc(-c2ccccc2)c1. The minimum absolute atomic E-state index is 0.350. The van der Waals surface area contributed by atoms with Crippen molar-refractivity contribution in [2.24, 2.45) is 0 Å². The van der Waals surface area contributed by atoms with Crippen LogP contribution >= 0.6 is 0 Å². The largest absolute Gasteiger partial charge is 0.439 e. The lowest BCUT2D eigenvalue weighted by atomic mass is 9.82. The van der Waals surface area contributed by atoms with E-state index in [0.29, 0.717) is 17.7 Å². The van der Waals surface area contributed by atoms with Gasteiger partial charge in [-0.1, -0.05) is 119 Å². The lowest BCUT2D eigenvalue weighted by molar-refractivity contribution is 0.464. The maximum absolute atomic E-state index is 6.29. The van der Waals surface area contributed by atoms with Crippen LogP contribution in [-0.4, -0.2) is 4.98 Å². The second-order valence-corrected chi connectivity index (χ2v) is 10.1. The molecule has 0 spiro atoms. The van der Waals surface area contributed by atoms with Crippen molar-refractivity contribution in [3.63, 3.8) is 0 Å². The number of hydrogen-bond donors (Lipinski definition) is 0. The Labute approximate surface area is 220 Å². The average molecular weight is 484 g/mol. The minimum Gasteiger partial charge on any atom is -0.439 e. The van der Waals surface area contributed by atoms with E-state index in [9.17, 15) is 0 Å². The Balaban J connectivity index is 1.74. The summed E-state index contributed by atoms with van der Waals surface area (Å²) in [6.07, 6.45) is 0. The minimum atomic E-state index is 0.350. The van der Waals surface area contributed by atoms with Gasteiger partial charge in [-0.25, -0.2) is 4.98 Å². The fourth-order valence-electron chi connectivity index (χ4n) is 4.80. The molecule has 2 nitrogen and oxygen atoms in total. The summed E-state index contributed by atoms with van der Waals surface area (Å²) in [5, 5.41) is 0. The Kier molecular flexibility index (Phi) is 7.18. The van der Waals surface area contributed by atoms with Crippen LogP contribution in [0, 0.1) is 0 Å². The van der Waals surface area contributed by atoms with Crippen molar-refractivity contribution < 1.29 is 4.74 Å². The summed E-state index contributed by atoms with van der Waals surface area (Å²) in [6, 6.07) is 39.9. The first-order valence-corrected chi connectivity index (χ1v) is 13.0. The smallest absolute Gasteiger partial charge is 0.220 e. The van der Waals surface area contributed by atoms with Crippen LogP contribution in [0.1, 0.15) is 50.7 Å². The van der Waals surface area contributed by atoms with E-state index in [1.165, 1.54) is 27.8 Å². The second kappa shape index (κ2) is 10.8. The normalized spacial score (nSPS) is 11.2. The number of para-hydroxylation sites is 1. The third kappa shape index (κ3) is 5.49. The molecule has 0 unspecified atom stereocenters. The van der Waals surface area contributed by atoms with Crippen molar-refractivity contribution in [3.8, 4) is 45.1 Å². The van der Waals surface area contributed by atoms with E-state index in [1.807, 2.05) is 36.4 Å². The topological polar surface area (TPSA) is 22.1 Å². The monoisotopic (exact) mass is 483 g/mol. The van der Waals surface area contributed by atoms with E-state index in [2.05, 4.69) is 107 Å². The second-order valence-electron chi connectivity index (χ2n) is 10.1. The van der Waals surface area contributed by atoms with Crippen LogP contribution in [0.4, 0.5) is 0 Å². The van der Waals surface area contributed by atoms with E-state index in [4.69, 9.17) is 9.72 Å². The zero-order valence-electron chi connectivity index (χ0n) is 22.0. The number of nitrogens with zero attached hydrogens (tertiary/aromatic N) is 1. The quantitative estimate of drug-likeness (QED) is 0.230. The van der Waals surface area contributed by atoms with Crippen LogP contribution in [0.5, 0.6) is 11.6 Å². The average Bonchev–Trinajstić information content (AvgIpc) is 2.93. The predicted molar refractivity (Wildman–Crippen MR) is 155 cm³/mol. The first-order chi connectivity index (χ1) is 18.0. The summed E-state index contributed by atoms with van der Waals surface area (Å²) in [6.45, 7) is 9.10. The van der Waals surface area contributed by atoms with Crippen molar-refractivity contribution in [1.82, 2.24) is 4.98 Å². The first kappa shape index (κ1) is 24.5. The van der Waals surface area contributed by atoms with E-state index in [0.717, 1.165) is 22.6 Å². The van der Waals surface area contributed by atoms with Crippen molar-refractivity contribution in [3.05, 3.63) is 126 Å². The highest BCUT2D eigenvalue weighted by Gasteiger charge is 2.20. The van der Waals surface area contributed by atoms with Gasteiger partial charge in [0.05, 0.1) is 5.69 Å². The van der Waals surface area contributed by atoms with Crippen LogP contribution in [0.25, 0.3) is 33.5 Å². The van der Waals surface area contributed by atoms with E-state index >= 15 is 0 Å². The molecule has 0 bridgehead atoms. The summed E-state index contributed by atoms with van der Waals surface area (Å²) >= 11 is 0. The van der Waals surface area contributed by atoms with Gasteiger partial charge in [-0.2, -0.15) is 0 Å². The molecule has 0 aliphatic rings. The molecule has 0 N–H and O–H groups in total. The van der Waals surface area contributed by atoms with Crippen LogP contribution in [0.15, 0.2) is 115 Å². The van der Waals surface area contributed by atoms with Gasteiger partial charge in [0, 0.05) is 11.6 Å². The Morgan fingerprint density at radius 1 is 0.514 bits per heavy atom. The Morgan fingerprint density at radius 3 is 1.57 bits per heavy atom. The third-order valence-corrected chi connectivity index (χ3v) is 6.68. The molecule has 4 aromatic carbocycles. The molecule has 5 rings (SSSR count). The molecule has 1 heterocycles. The van der Waals surface area contributed by atoms with Crippen LogP contribution in [-0.2, 0) is 0 Å². The molecule has 1 aromatic heterocycles. The van der Waals surface area contributed by atoms with Crippen molar-refractivity contribution in [1.29, 1.82) is 0 Å². The summed E-state index contributed by atoms with van der Waals surface area (Å²) in [5.74, 6) is 2.07. The molecule has 0 amide bonds. The van der Waals surface area contributed by atoms with Gasteiger partial charge in [0.15, 0.2) is 0 Å². The summed E-state index contributed by atoms with van der Waals surface area (Å²) in [7, 11) is 0. The highest BCUT2D eigenvalue weighted by atomic mass is 16.5. The van der Waals surface area contributed by atoms with Gasteiger partial charge in [0.25, 0.3) is 0 Å². The van der Waals surface area contributed by atoms with Gasteiger partial charge in [0.1, 0.15) is 5.75 Å². The zero-order valence-corrected chi connectivity index (χ0v) is 22.0. The molecule has 184 valence electrons. The number of ether oxygens (including phenoxy) is 1. The Bertz CT molecular complexity index is 1440. The summed E-state index contributed by atoms with van der Waals surface area (Å²) in [4.78, 5) is 4.92. The molecular formula is C35H33NO. The molecule has 0 aliphatic carbocycles. The lowest BCUT2D eigenvalue weighted by Gasteiger charge is -2.23. The predicted octanol–water partition coefficient (Wildman–Crippen LogP) is 10.1. The third-order valence-electron chi connectivity index (χ3n) is 6.68. The number of pyridine rings is 1. The number of aromatic nitrogens is 1. The molecule has 0 saturated carbocycles. The van der Waals surface area contributed by atoms with Crippen LogP contribution in [0.3, 0.4) is 0 Å². The van der Waals surface area contributed by atoms with Gasteiger partial charge in [-0.3, -0.25) is 0 Å². The van der Waals surface area contributed by atoms with E-state index < -0.39 is 0 Å². The molecule has 0 fully saturated rings. The number of rotatable bonds is 7. The van der Waals surface area contributed by atoms with Crippen molar-refractivity contribution in [2.45, 2.75) is 39.5 Å². The standard InChI is InChI=1S/C35H33NO/c1-24(2)31-20-28(26-14-8-5-9-15-26)21-32(25(3)4)35(31)29-22-33(27-16-10-6-11-17-27)36-34(23-29)37-30-18-12-7-13-19-30/h5-25H,1-4H3. The van der Waals surface area contributed by atoms with Crippen LogP contribution in [0.2, 0.25) is 0 Å². The van der Waals surface area contributed by atoms with Crippen molar-refractivity contribution >= 4 is 0 Å². The molecule has 2 heteroatoms. The van der Waals surface area contributed by atoms with Crippen molar-refractivity contribution in [2.75, 3.05) is 0 Å². The molecule has 0 atom stereocenters. The number of benzene rings is 4. The summed E-state index contributed by atoms with van der Waals surface area (Å²) in [5.41, 5.74) is 9.55. The molecule has 0 saturated heterocycles. The Morgan fingerprint density at radius 2 is 1.03 bits per heavy atom. The van der Waals surface area contributed by atoms with E-state index in [1.54, 1.807) is 0 Å². The summed E-state index contributed by atoms with van der Waals surface area (Å²) < 4.78 is 6.29. The van der Waals surface area contributed by atoms with E-state index in [-0.39, 0.29) is 0 Å². The molecule has 37 heavy (non-hydrogen) atoms. The van der Waals surface area contributed by atoms with Gasteiger partial charge in [0.2, 0.25) is 5.88 Å². The van der Waals surface area contributed by atoms with Gasteiger partial charge in [-0.15, -0.1) is 0 Å². The van der Waals surface area contributed by atoms with Gasteiger partial charge >= 0.3 is 0 Å². The first-order valence-electron chi connectivity index (χ1n) is 13.0. The fourth-order valence-corrected chi connectivity index (χ4v) is 4.80. The molecule has 0 radical (unpaired) electrons. The zero-order chi connectivity index (χ0) is 25.8. The Hall–Kier alpha value is -4.17. The number of hydrogen-bond acceptors (Lipinski definition) is 2. The van der Waals surface area contributed by atoms with Crippen LogP contribution < -0.4 is 4.74 Å². The fraction of sp³-hybridized carbons (Fsp3) is 0.171. The molecule has 5 aromatic rings. The van der Waals surface area contributed by atoms with Gasteiger partial charge < -0.3 is 4.74 Å². The maximum Gasteiger partial charge on any atom is 0.220 e. The molecule has 0 aliphatic heterocycles. The highest BCUT2D eigenvalue weighted by Crippen LogP contribution is 2.41.